The fraction of sp³-hybridized carbons (Fsp3) is 0.364. The molecule has 2 N–H and O–H groups in total. The van der Waals surface area contributed by atoms with Gasteiger partial charge >= 0.3 is 6.18 Å². The van der Waals surface area contributed by atoms with Crippen molar-refractivity contribution in [1.82, 2.24) is 10.6 Å². The fourth-order valence-corrected chi connectivity index (χ4v) is 1.26. The molecule has 1 rings (SSSR count). The zero-order valence-corrected chi connectivity index (χ0v) is 10.5. The van der Waals surface area contributed by atoms with Gasteiger partial charge in [-0.15, -0.1) is 12.4 Å². The summed E-state index contributed by atoms with van der Waals surface area (Å²) in [5, 5.41) is 4.74. The number of rotatable bonds is 4. The second kappa shape index (κ2) is 7.23. The molecule has 0 bridgehead atoms. The largest absolute Gasteiger partial charge is 0.405 e. The van der Waals surface area contributed by atoms with Crippen LogP contribution in [-0.2, 0) is 6.54 Å². The van der Waals surface area contributed by atoms with E-state index in [0.717, 1.165) is 5.56 Å². The Bertz CT molecular complexity index is 379. The van der Waals surface area contributed by atoms with Gasteiger partial charge in [0.1, 0.15) is 6.54 Å². The van der Waals surface area contributed by atoms with E-state index in [0.29, 0.717) is 6.54 Å². The van der Waals surface area contributed by atoms with Crippen LogP contribution < -0.4 is 10.6 Å². The van der Waals surface area contributed by atoms with Crippen LogP contribution in [0.2, 0.25) is 0 Å². The van der Waals surface area contributed by atoms with Gasteiger partial charge in [0.25, 0.3) is 5.91 Å². The lowest BCUT2D eigenvalue weighted by atomic mass is 10.1. The van der Waals surface area contributed by atoms with Gasteiger partial charge in [0.2, 0.25) is 0 Å². The van der Waals surface area contributed by atoms with Crippen LogP contribution in [-0.4, -0.2) is 25.7 Å². The third-order valence-corrected chi connectivity index (χ3v) is 2.05. The van der Waals surface area contributed by atoms with Crippen molar-refractivity contribution in [3.05, 3.63) is 35.4 Å². The van der Waals surface area contributed by atoms with Crippen molar-refractivity contribution < 1.29 is 18.0 Å². The highest BCUT2D eigenvalue weighted by molar-refractivity contribution is 5.94. The second-order valence-electron chi connectivity index (χ2n) is 3.53. The van der Waals surface area contributed by atoms with E-state index in [2.05, 4.69) is 5.32 Å². The molecule has 0 saturated heterocycles. The number of amides is 1. The lowest BCUT2D eigenvalue weighted by Crippen LogP contribution is -2.33. The molecule has 0 aliphatic heterocycles. The highest BCUT2D eigenvalue weighted by Gasteiger charge is 2.27. The maximum absolute atomic E-state index is 11.9. The van der Waals surface area contributed by atoms with Crippen LogP contribution in [0.3, 0.4) is 0 Å². The first-order chi connectivity index (χ1) is 7.92. The zero-order chi connectivity index (χ0) is 12.9. The van der Waals surface area contributed by atoms with Crippen molar-refractivity contribution in [1.29, 1.82) is 0 Å². The summed E-state index contributed by atoms with van der Waals surface area (Å²) in [5.74, 6) is -0.724. The Morgan fingerprint density at radius 2 is 1.78 bits per heavy atom. The SMILES string of the molecule is CNCc1ccc(C(=O)NCC(F)(F)F)cc1.Cl. The average molecular weight is 283 g/mol. The summed E-state index contributed by atoms with van der Waals surface area (Å²) in [5.41, 5.74) is 1.17. The Balaban J connectivity index is 0.00000289. The summed E-state index contributed by atoms with van der Waals surface area (Å²) in [6, 6.07) is 6.38. The van der Waals surface area contributed by atoms with Crippen LogP contribution in [0, 0.1) is 0 Å². The van der Waals surface area contributed by atoms with Gasteiger partial charge in [-0.1, -0.05) is 12.1 Å². The molecule has 1 aromatic carbocycles. The quantitative estimate of drug-likeness (QED) is 0.888. The Kier molecular flexibility index (Phi) is 6.72. The summed E-state index contributed by atoms with van der Waals surface area (Å²) in [4.78, 5) is 11.3. The molecular weight excluding hydrogens is 269 g/mol. The highest BCUT2D eigenvalue weighted by atomic mass is 35.5. The smallest absolute Gasteiger partial charge is 0.343 e. The van der Waals surface area contributed by atoms with Crippen molar-refractivity contribution in [3.63, 3.8) is 0 Å². The average Bonchev–Trinajstić information content (AvgIpc) is 2.26. The molecule has 0 aromatic heterocycles. The maximum Gasteiger partial charge on any atom is 0.405 e. The predicted molar refractivity (Wildman–Crippen MR) is 64.8 cm³/mol. The lowest BCUT2D eigenvalue weighted by Gasteiger charge is -2.08. The monoisotopic (exact) mass is 282 g/mol. The van der Waals surface area contributed by atoms with Gasteiger partial charge in [0.05, 0.1) is 0 Å². The third-order valence-electron chi connectivity index (χ3n) is 2.05. The molecule has 7 heteroatoms. The van der Waals surface area contributed by atoms with E-state index < -0.39 is 18.6 Å². The Labute approximate surface area is 109 Å². The Hall–Kier alpha value is -1.27. The van der Waals surface area contributed by atoms with Crippen LogP contribution in [0.4, 0.5) is 13.2 Å². The minimum atomic E-state index is -4.39. The van der Waals surface area contributed by atoms with Gasteiger partial charge in [0.15, 0.2) is 0 Å². The van der Waals surface area contributed by atoms with E-state index in [1.807, 2.05) is 5.32 Å². The summed E-state index contributed by atoms with van der Waals surface area (Å²) in [7, 11) is 1.78. The van der Waals surface area contributed by atoms with Crippen LogP contribution in [0.5, 0.6) is 0 Å². The fourth-order valence-electron chi connectivity index (χ4n) is 1.26. The molecule has 0 spiro atoms. The number of hydrogen-bond acceptors (Lipinski definition) is 2. The molecule has 0 unspecified atom stereocenters. The first-order valence-corrected chi connectivity index (χ1v) is 5.01. The highest BCUT2D eigenvalue weighted by Crippen LogP contribution is 2.12. The number of benzene rings is 1. The first-order valence-electron chi connectivity index (χ1n) is 5.01. The molecule has 0 fully saturated rings. The van der Waals surface area contributed by atoms with E-state index in [1.54, 1.807) is 19.2 Å². The molecule has 0 atom stereocenters. The molecule has 0 radical (unpaired) electrons. The molecule has 0 aliphatic carbocycles. The van der Waals surface area contributed by atoms with Gasteiger partial charge in [0, 0.05) is 12.1 Å². The minimum Gasteiger partial charge on any atom is -0.343 e. The van der Waals surface area contributed by atoms with Crippen LogP contribution >= 0.6 is 12.4 Å². The molecule has 3 nitrogen and oxygen atoms in total. The maximum atomic E-state index is 11.9. The summed E-state index contributed by atoms with van der Waals surface area (Å²) < 4.78 is 35.6. The van der Waals surface area contributed by atoms with Crippen LogP contribution in [0.15, 0.2) is 24.3 Å². The number of alkyl halides is 3. The van der Waals surface area contributed by atoms with E-state index in [-0.39, 0.29) is 18.0 Å². The molecule has 0 saturated carbocycles. The van der Waals surface area contributed by atoms with Crippen molar-refractivity contribution in [2.45, 2.75) is 12.7 Å². The summed E-state index contributed by atoms with van der Waals surface area (Å²) >= 11 is 0. The normalized spacial score (nSPS) is 10.7. The van der Waals surface area contributed by atoms with Gasteiger partial charge in [-0.2, -0.15) is 13.2 Å². The van der Waals surface area contributed by atoms with Crippen molar-refractivity contribution >= 4 is 18.3 Å². The topological polar surface area (TPSA) is 41.1 Å². The zero-order valence-electron chi connectivity index (χ0n) is 9.67. The first kappa shape index (κ1) is 16.7. The molecule has 1 aromatic rings. The molecule has 1 amide bonds. The van der Waals surface area contributed by atoms with Gasteiger partial charge in [-0.25, -0.2) is 0 Å². The van der Waals surface area contributed by atoms with Crippen LogP contribution in [0.25, 0.3) is 0 Å². The van der Waals surface area contributed by atoms with Crippen LogP contribution in [0.1, 0.15) is 15.9 Å². The summed E-state index contributed by atoms with van der Waals surface area (Å²) in [6.45, 7) is -0.672. The van der Waals surface area contributed by atoms with E-state index in [1.165, 1.54) is 12.1 Å². The van der Waals surface area contributed by atoms with E-state index in [9.17, 15) is 18.0 Å². The van der Waals surface area contributed by atoms with Gasteiger partial charge < -0.3 is 10.6 Å². The Morgan fingerprint density at radius 3 is 2.22 bits per heavy atom. The lowest BCUT2D eigenvalue weighted by molar-refractivity contribution is -0.123. The van der Waals surface area contributed by atoms with Gasteiger partial charge in [-0.3, -0.25) is 4.79 Å². The van der Waals surface area contributed by atoms with Crippen molar-refractivity contribution in [2.24, 2.45) is 0 Å². The Morgan fingerprint density at radius 1 is 1.22 bits per heavy atom. The number of carbonyl (C=O) groups is 1. The van der Waals surface area contributed by atoms with Crippen molar-refractivity contribution in [3.8, 4) is 0 Å². The van der Waals surface area contributed by atoms with E-state index in [4.69, 9.17) is 0 Å². The molecule has 0 aliphatic rings. The number of nitrogens with one attached hydrogen (secondary N) is 2. The minimum absolute atomic E-state index is 0. The van der Waals surface area contributed by atoms with Gasteiger partial charge in [-0.05, 0) is 24.7 Å². The number of hydrogen-bond donors (Lipinski definition) is 2. The molecule has 18 heavy (non-hydrogen) atoms. The predicted octanol–water partition coefficient (Wildman–Crippen LogP) is 2.12. The number of carbonyl (C=O) groups excluding carboxylic acids is 1. The molecular formula is C11H14ClF3N2O. The third kappa shape index (κ3) is 5.88. The van der Waals surface area contributed by atoms with Crippen molar-refractivity contribution in [2.75, 3.05) is 13.6 Å². The van der Waals surface area contributed by atoms with E-state index >= 15 is 0 Å². The molecule has 0 heterocycles. The standard InChI is InChI=1S/C11H13F3N2O.ClH/c1-15-6-8-2-4-9(5-3-8)10(17)16-7-11(12,13)14;/h2-5,15H,6-7H2,1H3,(H,16,17);1H. The second-order valence-corrected chi connectivity index (χ2v) is 3.53. The molecule has 102 valence electrons. The number of halogens is 4. The summed E-state index contributed by atoms with van der Waals surface area (Å²) in [6.07, 6.45) is -4.39.